The second kappa shape index (κ2) is 7.30. The van der Waals surface area contributed by atoms with E-state index in [-0.39, 0.29) is 10.8 Å². The van der Waals surface area contributed by atoms with Crippen LogP contribution in [0.4, 0.5) is 0 Å². The van der Waals surface area contributed by atoms with Gasteiger partial charge in [0.1, 0.15) is 0 Å². The zero-order valence-corrected chi connectivity index (χ0v) is 18.9. The molecule has 0 saturated heterocycles. The van der Waals surface area contributed by atoms with Crippen LogP contribution >= 0.6 is 23.2 Å². The van der Waals surface area contributed by atoms with Crippen molar-refractivity contribution in [2.45, 2.75) is 70.6 Å². The lowest BCUT2D eigenvalue weighted by Gasteiger charge is -2.24. The van der Waals surface area contributed by atoms with Crippen molar-refractivity contribution in [2.75, 3.05) is 0 Å². The first kappa shape index (κ1) is 20.5. The molecule has 1 aliphatic rings. The standard InChI is InChI=1S/C25H30Cl2/c1-24(2,3)20-10-16-9-17-11-21(25(4,5)6)13-19(15-27)23(17)8-7-22(16)18(12-20)14-26/h7-8,10-13H,9,14-15H2,1-6H3. The van der Waals surface area contributed by atoms with Crippen LogP contribution < -0.4 is 0 Å². The van der Waals surface area contributed by atoms with Gasteiger partial charge in [0.2, 0.25) is 0 Å². The maximum atomic E-state index is 6.34. The first-order valence-electron chi connectivity index (χ1n) is 9.67. The van der Waals surface area contributed by atoms with E-state index < -0.39 is 0 Å². The Morgan fingerprint density at radius 3 is 1.33 bits per heavy atom. The van der Waals surface area contributed by atoms with Gasteiger partial charge in [-0.3, -0.25) is 0 Å². The van der Waals surface area contributed by atoms with E-state index in [9.17, 15) is 0 Å². The molecule has 0 atom stereocenters. The van der Waals surface area contributed by atoms with Gasteiger partial charge in [0, 0.05) is 11.8 Å². The fraction of sp³-hybridized carbons (Fsp3) is 0.440. The molecule has 0 spiro atoms. The summed E-state index contributed by atoms with van der Waals surface area (Å²) in [6, 6.07) is 9.29. The van der Waals surface area contributed by atoms with Gasteiger partial charge in [0.05, 0.1) is 0 Å². The van der Waals surface area contributed by atoms with E-state index in [2.05, 4.69) is 78.0 Å². The van der Waals surface area contributed by atoms with Gasteiger partial charge in [0.15, 0.2) is 0 Å². The van der Waals surface area contributed by atoms with E-state index in [0.29, 0.717) is 11.8 Å². The van der Waals surface area contributed by atoms with Crippen molar-refractivity contribution in [1.29, 1.82) is 0 Å². The first-order valence-corrected chi connectivity index (χ1v) is 10.7. The molecule has 0 nitrogen and oxygen atoms in total. The number of hydrogen-bond donors (Lipinski definition) is 0. The predicted octanol–water partition coefficient (Wildman–Crippen LogP) is 7.83. The number of alkyl halides is 2. The highest BCUT2D eigenvalue weighted by molar-refractivity contribution is 6.17. The highest BCUT2D eigenvalue weighted by atomic mass is 35.5. The molecule has 0 N–H and O–H groups in total. The van der Waals surface area contributed by atoms with Crippen LogP contribution in [0.5, 0.6) is 0 Å². The molecular weight excluding hydrogens is 371 g/mol. The summed E-state index contributed by atoms with van der Waals surface area (Å²) >= 11 is 12.7. The molecule has 2 heteroatoms. The molecular formula is C25H30Cl2. The Hall–Kier alpha value is -1.24. The summed E-state index contributed by atoms with van der Waals surface area (Å²) in [5, 5.41) is 0. The van der Waals surface area contributed by atoms with Crippen LogP contribution in [0.15, 0.2) is 24.3 Å². The van der Waals surface area contributed by atoms with E-state index in [1.54, 1.807) is 0 Å². The van der Waals surface area contributed by atoms with Gasteiger partial charge in [-0.05, 0) is 61.8 Å². The Morgan fingerprint density at radius 2 is 1.04 bits per heavy atom. The molecule has 3 rings (SSSR count). The maximum absolute atomic E-state index is 6.34. The molecule has 0 unspecified atom stereocenters. The third kappa shape index (κ3) is 4.13. The lowest BCUT2D eigenvalue weighted by Crippen LogP contribution is -2.14. The van der Waals surface area contributed by atoms with Crippen molar-refractivity contribution in [3.05, 3.63) is 68.8 Å². The van der Waals surface area contributed by atoms with Crippen LogP contribution in [0.25, 0.3) is 12.2 Å². The molecule has 2 aromatic carbocycles. The minimum absolute atomic E-state index is 0.100. The van der Waals surface area contributed by atoms with Crippen molar-refractivity contribution in [1.82, 2.24) is 0 Å². The smallest absolute Gasteiger partial charge is 0.0480 e. The molecule has 0 heterocycles. The number of hydrogen-bond acceptors (Lipinski definition) is 0. The summed E-state index contributed by atoms with van der Waals surface area (Å²) < 4.78 is 0. The molecule has 144 valence electrons. The molecule has 0 radical (unpaired) electrons. The van der Waals surface area contributed by atoms with Crippen LogP contribution in [0.2, 0.25) is 0 Å². The maximum Gasteiger partial charge on any atom is 0.0480 e. The predicted molar refractivity (Wildman–Crippen MR) is 121 cm³/mol. The summed E-state index contributed by atoms with van der Waals surface area (Å²) in [5.41, 5.74) is 10.6. The summed E-state index contributed by atoms with van der Waals surface area (Å²) in [4.78, 5) is 0. The average Bonchev–Trinajstić information content (AvgIpc) is 2.77. The molecule has 0 aromatic heterocycles. The quantitative estimate of drug-likeness (QED) is 0.384. The third-order valence-electron chi connectivity index (χ3n) is 5.52. The molecule has 1 aliphatic carbocycles. The van der Waals surface area contributed by atoms with Crippen molar-refractivity contribution >= 4 is 35.4 Å². The Morgan fingerprint density at radius 1 is 0.667 bits per heavy atom. The fourth-order valence-corrected chi connectivity index (χ4v) is 4.18. The number of rotatable bonds is 2. The van der Waals surface area contributed by atoms with E-state index >= 15 is 0 Å². The minimum atomic E-state index is 0.100. The van der Waals surface area contributed by atoms with Gasteiger partial charge >= 0.3 is 0 Å². The molecule has 0 amide bonds. The van der Waals surface area contributed by atoms with E-state index in [4.69, 9.17) is 23.2 Å². The van der Waals surface area contributed by atoms with Crippen molar-refractivity contribution in [3.8, 4) is 0 Å². The van der Waals surface area contributed by atoms with Crippen LogP contribution in [0.3, 0.4) is 0 Å². The molecule has 2 aromatic rings. The monoisotopic (exact) mass is 400 g/mol. The van der Waals surface area contributed by atoms with Gasteiger partial charge in [-0.25, -0.2) is 0 Å². The Balaban J connectivity index is 2.23. The molecule has 0 aliphatic heterocycles. The second-order valence-electron chi connectivity index (χ2n) is 9.69. The zero-order chi connectivity index (χ0) is 20.0. The first-order chi connectivity index (χ1) is 12.5. The molecule has 0 fully saturated rings. The Labute approximate surface area is 174 Å². The van der Waals surface area contributed by atoms with Crippen LogP contribution in [0, 0.1) is 0 Å². The summed E-state index contributed by atoms with van der Waals surface area (Å²) in [6.07, 6.45) is 5.38. The lowest BCUT2D eigenvalue weighted by molar-refractivity contribution is 0.588. The van der Waals surface area contributed by atoms with Gasteiger partial charge in [-0.2, -0.15) is 0 Å². The lowest BCUT2D eigenvalue weighted by atomic mass is 9.81. The molecule has 0 bridgehead atoms. The van der Waals surface area contributed by atoms with E-state index in [1.165, 1.54) is 44.5 Å². The minimum Gasteiger partial charge on any atom is -0.122 e. The normalized spacial score (nSPS) is 13.9. The van der Waals surface area contributed by atoms with Crippen molar-refractivity contribution < 1.29 is 0 Å². The van der Waals surface area contributed by atoms with Gasteiger partial charge in [-0.1, -0.05) is 78.0 Å². The van der Waals surface area contributed by atoms with Crippen LogP contribution in [0.1, 0.15) is 86.1 Å². The average molecular weight is 401 g/mol. The van der Waals surface area contributed by atoms with Crippen LogP contribution in [-0.2, 0) is 29.0 Å². The molecule has 27 heavy (non-hydrogen) atoms. The highest BCUT2D eigenvalue weighted by Gasteiger charge is 2.22. The van der Waals surface area contributed by atoms with E-state index in [0.717, 1.165) is 6.42 Å². The summed E-state index contributed by atoms with van der Waals surface area (Å²) in [5.74, 6) is 1.06. The highest BCUT2D eigenvalue weighted by Crippen LogP contribution is 2.36. The Kier molecular flexibility index (Phi) is 5.54. The van der Waals surface area contributed by atoms with Crippen LogP contribution in [-0.4, -0.2) is 0 Å². The van der Waals surface area contributed by atoms with Crippen molar-refractivity contribution in [3.63, 3.8) is 0 Å². The number of halogens is 2. The number of fused-ring (bicyclic) bond motifs is 2. The van der Waals surface area contributed by atoms with Gasteiger partial charge < -0.3 is 0 Å². The topological polar surface area (TPSA) is 0 Å². The van der Waals surface area contributed by atoms with Crippen molar-refractivity contribution in [2.24, 2.45) is 0 Å². The SMILES string of the molecule is CC(C)(C)c1cc(CCl)c2c(c1)Cc1cc(C(C)(C)C)cc(CCl)c1C=C2. The number of benzene rings is 2. The summed E-state index contributed by atoms with van der Waals surface area (Å²) in [7, 11) is 0. The van der Waals surface area contributed by atoms with Gasteiger partial charge in [-0.15, -0.1) is 23.2 Å². The zero-order valence-electron chi connectivity index (χ0n) is 17.3. The Bertz CT molecular complexity index is 817. The second-order valence-corrected chi connectivity index (χ2v) is 10.2. The van der Waals surface area contributed by atoms with Gasteiger partial charge in [0.25, 0.3) is 0 Å². The molecule has 0 saturated carbocycles. The largest absolute Gasteiger partial charge is 0.122 e. The summed E-state index contributed by atoms with van der Waals surface area (Å²) in [6.45, 7) is 13.6. The fourth-order valence-electron chi connectivity index (χ4n) is 3.74. The van der Waals surface area contributed by atoms with E-state index in [1.807, 2.05) is 0 Å². The third-order valence-corrected chi connectivity index (χ3v) is 6.10.